The molecule has 0 saturated carbocycles. The summed E-state index contributed by atoms with van der Waals surface area (Å²) in [4.78, 5) is 1.37. The highest BCUT2D eigenvalue weighted by Gasteiger charge is 2.17. The van der Waals surface area contributed by atoms with E-state index in [-0.39, 0.29) is 0 Å². The number of thiocarbonyl (C=S) groups is 1. The summed E-state index contributed by atoms with van der Waals surface area (Å²) in [5.41, 5.74) is 3.56. The van der Waals surface area contributed by atoms with Gasteiger partial charge in [0.2, 0.25) is 0 Å². The van der Waals surface area contributed by atoms with Crippen molar-refractivity contribution >= 4 is 23.0 Å². The molecular weight excluding hydrogens is 290 g/mol. The van der Waals surface area contributed by atoms with Crippen molar-refractivity contribution in [2.45, 2.75) is 13.0 Å². The molecule has 0 unspecified atom stereocenters. The molecule has 0 amide bonds. The highest BCUT2D eigenvalue weighted by atomic mass is 32.1. The number of nitrogens with one attached hydrogen (secondary N) is 3. The molecule has 4 heteroatoms. The SMILES string of the molecule is Cc1ccc(NC(=S)NC[C@@H](c2ccccc2)[NH+](C)C)cc1. The van der Waals surface area contributed by atoms with E-state index in [0.717, 1.165) is 12.2 Å². The smallest absolute Gasteiger partial charge is 0.171 e. The molecule has 0 aromatic heterocycles. The third kappa shape index (κ3) is 4.83. The summed E-state index contributed by atoms with van der Waals surface area (Å²) in [6.07, 6.45) is 0. The highest BCUT2D eigenvalue weighted by molar-refractivity contribution is 7.80. The summed E-state index contributed by atoms with van der Waals surface area (Å²) in [6.45, 7) is 2.87. The van der Waals surface area contributed by atoms with Gasteiger partial charge in [-0.05, 0) is 31.3 Å². The van der Waals surface area contributed by atoms with Gasteiger partial charge in [0.25, 0.3) is 0 Å². The highest BCUT2D eigenvalue weighted by Crippen LogP contribution is 2.10. The summed E-state index contributed by atoms with van der Waals surface area (Å²) in [6, 6.07) is 19.1. The Bertz CT molecular complexity index is 593. The Hall–Kier alpha value is -1.91. The van der Waals surface area contributed by atoms with Gasteiger partial charge in [-0.3, -0.25) is 0 Å². The van der Waals surface area contributed by atoms with E-state index in [9.17, 15) is 0 Å². The van der Waals surface area contributed by atoms with E-state index in [4.69, 9.17) is 12.2 Å². The quantitative estimate of drug-likeness (QED) is 0.739. The second-order valence-electron chi connectivity index (χ2n) is 5.74. The predicted molar refractivity (Wildman–Crippen MR) is 97.4 cm³/mol. The van der Waals surface area contributed by atoms with Crippen molar-refractivity contribution in [3.8, 4) is 0 Å². The lowest BCUT2D eigenvalue weighted by molar-refractivity contribution is -0.890. The number of aryl methyl sites for hydroxylation is 1. The first-order valence-electron chi connectivity index (χ1n) is 7.53. The Morgan fingerprint density at radius 3 is 2.27 bits per heavy atom. The Balaban J connectivity index is 1.92. The van der Waals surface area contributed by atoms with E-state index in [2.05, 4.69) is 68.1 Å². The lowest BCUT2D eigenvalue weighted by Gasteiger charge is -2.23. The van der Waals surface area contributed by atoms with E-state index in [1.807, 2.05) is 18.2 Å². The van der Waals surface area contributed by atoms with Crippen LogP contribution in [0, 0.1) is 6.92 Å². The maximum Gasteiger partial charge on any atom is 0.171 e. The molecule has 0 bridgehead atoms. The van der Waals surface area contributed by atoms with Crippen LogP contribution in [-0.4, -0.2) is 25.8 Å². The Morgan fingerprint density at radius 1 is 1.05 bits per heavy atom. The third-order valence-corrected chi connectivity index (χ3v) is 3.92. The van der Waals surface area contributed by atoms with Gasteiger partial charge in [0.15, 0.2) is 5.11 Å². The van der Waals surface area contributed by atoms with E-state index in [1.165, 1.54) is 16.0 Å². The van der Waals surface area contributed by atoms with Crippen molar-refractivity contribution < 1.29 is 4.90 Å². The Labute approximate surface area is 138 Å². The molecule has 0 fully saturated rings. The fourth-order valence-corrected chi connectivity index (χ4v) is 2.55. The molecule has 2 rings (SSSR count). The van der Waals surface area contributed by atoms with Crippen LogP contribution in [0.2, 0.25) is 0 Å². The van der Waals surface area contributed by atoms with Crippen LogP contribution in [-0.2, 0) is 0 Å². The topological polar surface area (TPSA) is 28.5 Å². The van der Waals surface area contributed by atoms with E-state index >= 15 is 0 Å². The Morgan fingerprint density at radius 2 is 1.68 bits per heavy atom. The Kier molecular flexibility index (Phi) is 5.92. The number of hydrogen-bond acceptors (Lipinski definition) is 1. The number of quaternary nitrogens is 1. The maximum atomic E-state index is 5.39. The fourth-order valence-electron chi connectivity index (χ4n) is 2.35. The molecule has 0 spiro atoms. The van der Waals surface area contributed by atoms with Crippen LogP contribution >= 0.6 is 12.2 Å². The first kappa shape index (κ1) is 16.5. The van der Waals surface area contributed by atoms with Gasteiger partial charge in [0.05, 0.1) is 20.6 Å². The van der Waals surface area contributed by atoms with Crippen molar-refractivity contribution in [3.63, 3.8) is 0 Å². The van der Waals surface area contributed by atoms with Crippen molar-refractivity contribution in [1.82, 2.24) is 5.32 Å². The second-order valence-corrected chi connectivity index (χ2v) is 6.15. The molecule has 2 aromatic rings. The standard InChI is InChI=1S/C18H23N3S/c1-14-9-11-16(12-10-14)20-18(22)19-13-17(21(2)3)15-7-5-4-6-8-15/h4-12,17H,13H2,1-3H3,(H2,19,20,22)/p+1/t17-/m0/s1. The molecule has 3 N–H and O–H groups in total. The normalized spacial score (nSPS) is 12.0. The zero-order valence-electron chi connectivity index (χ0n) is 13.4. The van der Waals surface area contributed by atoms with Crippen molar-refractivity contribution in [2.75, 3.05) is 26.0 Å². The number of anilines is 1. The zero-order valence-corrected chi connectivity index (χ0v) is 14.2. The lowest BCUT2D eigenvalue weighted by atomic mass is 10.1. The minimum absolute atomic E-state index is 0.360. The summed E-state index contributed by atoms with van der Waals surface area (Å²) in [5.74, 6) is 0. The molecule has 22 heavy (non-hydrogen) atoms. The van der Waals surface area contributed by atoms with Crippen LogP contribution in [0.1, 0.15) is 17.2 Å². The average Bonchev–Trinajstić information content (AvgIpc) is 2.50. The summed E-state index contributed by atoms with van der Waals surface area (Å²) in [7, 11) is 4.32. The first-order valence-corrected chi connectivity index (χ1v) is 7.93. The van der Waals surface area contributed by atoms with Crippen molar-refractivity contribution in [3.05, 3.63) is 65.7 Å². The molecule has 0 aliphatic carbocycles. The molecule has 0 aliphatic rings. The largest absolute Gasteiger partial charge is 0.356 e. The molecule has 0 aliphatic heterocycles. The van der Waals surface area contributed by atoms with Gasteiger partial charge in [-0.1, -0.05) is 48.0 Å². The maximum absolute atomic E-state index is 5.39. The molecule has 1 atom stereocenters. The van der Waals surface area contributed by atoms with Crippen molar-refractivity contribution in [1.29, 1.82) is 0 Å². The van der Waals surface area contributed by atoms with Gasteiger partial charge in [-0.25, -0.2) is 0 Å². The molecule has 0 heterocycles. The van der Waals surface area contributed by atoms with Crippen LogP contribution < -0.4 is 15.5 Å². The summed E-state index contributed by atoms with van der Waals surface area (Å²) in [5, 5.41) is 7.21. The number of benzene rings is 2. The van der Waals surface area contributed by atoms with Gasteiger partial charge in [-0.15, -0.1) is 0 Å². The number of rotatable bonds is 5. The van der Waals surface area contributed by atoms with Crippen LogP contribution in [0.25, 0.3) is 0 Å². The number of likely N-dealkylation sites (N-methyl/N-ethyl adjacent to an activating group) is 1. The summed E-state index contributed by atoms with van der Waals surface area (Å²) >= 11 is 5.39. The monoisotopic (exact) mass is 314 g/mol. The predicted octanol–water partition coefficient (Wildman–Crippen LogP) is 2.17. The van der Waals surface area contributed by atoms with E-state index in [0.29, 0.717) is 11.2 Å². The van der Waals surface area contributed by atoms with E-state index < -0.39 is 0 Å². The zero-order chi connectivity index (χ0) is 15.9. The minimum atomic E-state index is 0.360. The molecule has 116 valence electrons. The van der Waals surface area contributed by atoms with Crippen LogP contribution in [0.4, 0.5) is 5.69 Å². The van der Waals surface area contributed by atoms with Crippen LogP contribution in [0.5, 0.6) is 0 Å². The first-order chi connectivity index (χ1) is 10.6. The molecular formula is C18H24N3S+. The second kappa shape index (κ2) is 7.92. The molecule has 3 nitrogen and oxygen atoms in total. The van der Waals surface area contributed by atoms with Crippen LogP contribution in [0.15, 0.2) is 54.6 Å². The molecule has 0 saturated heterocycles. The van der Waals surface area contributed by atoms with Gasteiger partial charge < -0.3 is 15.5 Å². The average molecular weight is 314 g/mol. The summed E-state index contributed by atoms with van der Waals surface area (Å²) < 4.78 is 0. The van der Waals surface area contributed by atoms with Crippen molar-refractivity contribution in [2.24, 2.45) is 0 Å². The lowest BCUT2D eigenvalue weighted by Crippen LogP contribution is -3.07. The molecule has 2 aromatic carbocycles. The van der Waals surface area contributed by atoms with Gasteiger partial charge in [0.1, 0.15) is 6.04 Å². The van der Waals surface area contributed by atoms with Gasteiger partial charge in [0, 0.05) is 11.3 Å². The van der Waals surface area contributed by atoms with Crippen LogP contribution in [0.3, 0.4) is 0 Å². The molecule has 0 radical (unpaired) electrons. The minimum Gasteiger partial charge on any atom is -0.356 e. The fraction of sp³-hybridized carbons (Fsp3) is 0.278. The third-order valence-electron chi connectivity index (χ3n) is 3.68. The van der Waals surface area contributed by atoms with Gasteiger partial charge >= 0.3 is 0 Å². The van der Waals surface area contributed by atoms with E-state index in [1.54, 1.807) is 0 Å². The number of hydrogen-bond donors (Lipinski definition) is 3. The van der Waals surface area contributed by atoms with Gasteiger partial charge in [-0.2, -0.15) is 0 Å².